The number of hydrogen-bond acceptors (Lipinski definition) is 8. The number of likely N-dealkylation sites (tertiary alicyclic amines) is 2. The summed E-state index contributed by atoms with van der Waals surface area (Å²) in [6.07, 6.45) is 8.45. The number of rotatable bonds is 9. The van der Waals surface area contributed by atoms with Crippen molar-refractivity contribution in [2.24, 2.45) is 0 Å². The molecule has 8 nitrogen and oxygen atoms in total. The second-order valence-electron chi connectivity index (χ2n) is 9.78. The van der Waals surface area contributed by atoms with E-state index in [1.54, 1.807) is 0 Å². The molecule has 0 saturated carbocycles. The molecule has 2 saturated heterocycles. The fourth-order valence-electron chi connectivity index (χ4n) is 4.44. The zero-order valence-electron chi connectivity index (χ0n) is 24.0. The Morgan fingerprint density at radius 3 is 1.82 bits per heavy atom. The number of carbonyl (C=O) groups excluding carboxylic acids is 2. The molecule has 0 aliphatic carbocycles. The molecular formula is C31H45ClN2O6. The van der Waals surface area contributed by atoms with Gasteiger partial charge >= 0.3 is 11.9 Å². The Hall–Kier alpha value is -2.81. The highest BCUT2D eigenvalue weighted by atomic mass is 35.5. The molecule has 1 N–H and O–H groups in total. The number of methoxy groups -OCH3 is 2. The third-order valence-corrected chi connectivity index (χ3v) is 6.93. The van der Waals surface area contributed by atoms with Gasteiger partial charge in [-0.2, -0.15) is 0 Å². The highest BCUT2D eigenvalue weighted by molar-refractivity contribution is 6.18. The van der Waals surface area contributed by atoms with Crippen molar-refractivity contribution < 1.29 is 28.9 Å². The summed E-state index contributed by atoms with van der Waals surface area (Å²) in [6, 6.07) is 13.5. The van der Waals surface area contributed by atoms with Crippen molar-refractivity contribution in [3.05, 3.63) is 59.7 Å². The monoisotopic (exact) mass is 576 g/mol. The summed E-state index contributed by atoms with van der Waals surface area (Å²) in [6.45, 7) is 7.73. The molecule has 2 aliphatic heterocycles. The number of hydrogen-bond donors (Lipinski definition) is 1. The van der Waals surface area contributed by atoms with Crippen molar-refractivity contribution in [2.75, 3.05) is 66.0 Å². The largest absolute Gasteiger partial charge is 0.508 e. The first-order valence-corrected chi connectivity index (χ1v) is 14.6. The topological polar surface area (TPSA) is 88.5 Å². The number of phenols is 1. The van der Waals surface area contributed by atoms with E-state index in [0.717, 1.165) is 36.9 Å². The molecule has 2 heterocycles. The van der Waals surface area contributed by atoms with Crippen LogP contribution in [-0.4, -0.2) is 92.8 Å². The van der Waals surface area contributed by atoms with Crippen LogP contribution in [-0.2, 0) is 20.7 Å². The lowest BCUT2D eigenvalue weighted by atomic mass is 10.1. The van der Waals surface area contributed by atoms with Crippen LogP contribution in [0.5, 0.6) is 11.5 Å². The number of alkyl halides is 1. The van der Waals surface area contributed by atoms with Crippen molar-refractivity contribution in [1.82, 2.24) is 9.80 Å². The van der Waals surface area contributed by atoms with E-state index >= 15 is 0 Å². The van der Waals surface area contributed by atoms with Gasteiger partial charge in [-0.3, -0.25) is 9.69 Å². The Morgan fingerprint density at radius 2 is 1.32 bits per heavy atom. The van der Waals surface area contributed by atoms with Crippen LogP contribution >= 0.6 is 11.6 Å². The Balaban J connectivity index is 0.000000235. The summed E-state index contributed by atoms with van der Waals surface area (Å²) in [5.74, 6) is 1.17. The van der Waals surface area contributed by atoms with Gasteiger partial charge in [0.1, 0.15) is 18.1 Å². The third kappa shape index (κ3) is 14.0. The van der Waals surface area contributed by atoms with Crippen LogP contribution in [0.3, 0.4) is 0 Å². The van der Waals surface area contributed by atoms with E-state index in [1.807, 2.05) is 24.3 Å². The minimum atomic E-state index is -0.398. The molecule has 0 bridgehead atoms. The van der Waals surface area contributed by atoms with Gasteiger partial charge in [0.2, 0.25) is 0 Å². The lowest BCUT2D eigenvalue weighted by Crippen LogP contribution is -2.33. The van der Waals surface area contributed by atoms with Gasteiger partial charge in [0.25, 0.3) is 0 Å². The highest BCUT2D eigenvalue weighted by Gasteiger charge is 2.10. The van der Waals surface area contributed by atoms with Crippen LogP contribution in [0.2, 0.25) is 0 Å². The Labute approximate surface area is 244 Å². The number of phenolic OH excluding ortho intramolecular Hbond substituents is 1. The molecule has 2 fully saturated rings. The third-order valence-electron chi connectivity index (χ3n) is 6.76. The van der Waals surface area contributed by atoms with Crippen LogP contribution in [0.25, 0.3) is 0 Å². The molecule has 9 heteroatoms. The molecule has 0 unspecified atom stereocenters. The van der Waals surface area contributed by atoms with Crippen LogP contribution in [0, 0.1) is 0 Å². The maximum absolute atomic E-state index is 11.2. The number of halogens is 1. The highest BCUT2D eigenvalue weighted by Crippen LogP contribution is 2.14. The maximum atomic E-state index is 11.2. The molecule has 4 rings (SSSR count). The average Bonchev–Trinajstić information content (AvgIpc) is 3.00. The summed E-state index contributed by atoms with van der Waals surface area (Å²) in [5.41, 5.74) is 1.38. The molecular weight excluding hydrogens is 532 g/mol. The van der Waals surface area contributed by atoms with Crippen LogP contribution in [0.15, 0.2) is 48.5 Å². The summed E-state index contributed by atoms with van der Waals surface area (Å²) in [7, 11) is 2.72. The van der Waals surface area contributed by atoms with Crippen LogP contribution < -0.4 is 4.74 Å². The van der Waals surface area contributed by atoms with E-state index < -0.39 is 5.97 Å². The zero-order chi connectivity index (χ0) is 29.0. The molecule has 40 heavy (non-hydrogen) atoms. The summed E-state index contributed by atoms with van der Waals surface area (Å²) < 4.78 is 14.8. The minimum absolute atomic E-state index is 0.137. The predicted molar refractivity (Wildman–Crippen MR) is 158 cm³/mol. The normalized spacial score (nSPS) is 15.5. The number of piperidine rings is 2. The van der Waals surface area contributed by atoms with E-state index in [2.05, 4.69) is 19.3 Å². The van der Waals surface area contributed by atoms with Gasteiger partial charge in [0, 0.05) is 19.0 Å². The molecule has 0 amide bonds. The first-order chi connectivity index (χ1) is 19.4. The summed E-state index contributed by atoms with van der Waals surface area (Å²) in [4.78, 5) is 26.9. The van der Waals surface area contributed by atoms with Gasteiger partial charge in [0.05, 0.1) is 26.2 Å². The average molecular weight is 577 g/mol. The summed E-state index contributed by atoms with van der Waals surface area (Å²) in [5, 5.41) is 8.86. The molecule has 2 aromatic rings. The zero-order valence-corrected chi connectivity index (χ0v) is 24.7. The number of esters is 2. The minimum Gasteiger partial charge on any atom is -0.508 e. The van der Waals surface area contributed by atoms with Crippen molar-refractivity contribution in [3.63, 3.8) is 0 Å². The van der Waals surface area contributed by atoms with Crippen LogP contribution in [0.1, 0.15) is 54.4 Å². The second-order valence-corrected chi connectivity index (χ2v) is 10.2. The fraction of sp³-hybridized carbons (Fsp3) is 0.548. The van der Waals surface area contributed by atoms with E-state index in [1.165, 1.54) is 103 Å². The number of nitrogens with zero attached hydrogens (tertiary/aromatic N) is 2. The first-order valence-electron chi connectivity index (χ1n) is 14.1. The fourth-order valence-corrected chi connectivity index (χ4v) is 4.67. The number of carbonyl (C=O) groups is 2. The molecule has 0 spiro atoms. The van der Waals surface area contributed by atoms with Crippen molar-refractivity contribution in [2.45, 2.75) is 44.9 Å². The molecule has 0 radical (unpaired) electrons. The first kappa shape index (κ1) is 33.4. The van der Waals surface area contributed by atoms with Gasteiger partial charge in [-0.1, -0.05) is 25.0 Å². The molecule has 222 valence electrons. The number of benzene rings is 2. The quantitative estimate of drug-likeness (QED) is 0.324. The molecule has 0 atom stereocenters. The van der Waals surface area contributed by atoms with Crippen molar-refractivity contribution in [3.8, 4) is 11.5 Å². The Bertz CT molecular complexity index is 956. The lowest BCUT2D eigenvalue weighted by Gasteiger charge is -2.26. The van der Waals surface area contributed by atoms with Gasteiger partial charge < -0.3 is 24.2 Å². The van der Waals surface area contributed by atoms with Crippen molar-refractivity contribution in [1.29, 1.82) is 0 Å². The van der Waals surface area contributed by atoms with Gasteiger partial charge in [-0.05, 0) is 93.8 Å². The number of ether oxygens (including phenoxy) is 3. The summed E-state index contributed by atoms with van der Waals surface area (Å²) >= 11 is 5.59. The Morgan fingerprint density at radius 1 is 0.775 bits per heavy atom. The van der Waals surface area contributed by atoms with Gasteiger partial charge in [0.15, 0.2) is 0 Å². The predicted octanol–water partition coefficient (Wildman–Crippen LogP) is 5.16. The van der Waals surface area contributed by atoms with E-state index in [-0.39, 0.29) is 11.7 Å². The van der Waals surface area contributed by atoms with Crippen LogP contribution in [0.4, 0.5) is 0 Å². The Kier molecular flexibility index (Phi) is 16.8. The SMILES string of the molecule is COC(=O)Cc1ccc(OCCN2CCCCC2)cc1.COC(=O)c1ccc(O)cc1.ClCCN1CCCCC1. The van der Waals surface area contributed by atoms with E-state index in [0.29, 0.717) is 12.0 Å². The molecule has 2 aliphatic rings. The maximum Gasteiger partial charge on any atom is 0.337 e. The lowest BCUT2D eigenvalue weighted by molar-refractivity contribution is -0.139. The van der Waals surface area contributed by atoms with Crippen molar-refractivity contribution >= 4 is 23.5 Å². The second kappa shape index (κ2) is 20.1. The molecule has 0 aromatic heterocycles. The van der Waals surface area contributed by atoms with E-state index in [4.69, 9.17) is 21.4 Å². The van der Waals surface area contributed by atoms with Gasteiger partial charge in [-0.25, -0.2) is 4.79 Å². The number of aromatic hydroxyl groups is 1. The molecule has 2 aromatic carbocycles. The standard InChI is InChI=1S/C16H23NO3.C8H8O3.C7H14ClN/c1-19-16(18)13-14-5-7-15(8-6-14)20-12-11-17-9-3-2-4-10-17;1-11-8(10)6-2-4-7(9)5-3-6;8-4-7-9-5-2-1-3-6-9/h5-8H,2-4,9-13H2,1H3;2-5,9H,1H3;1-7H2. The smallest absolute Gasteiger partial charge is 0.337 e. The van der Waals surface area contributed by atoms with Gasteiger partial charge in [-0.15, -0.1) is 11.6 Å². The van der Waals surface area contributed by atoms with E-state index in [9.17, 15) is 9.59 Å².